The van der Waals surface area contributed by atoms with E-state index in [4.69, 9.17) is 17.3 Å². The number of nitrogens with zero attached hydrogens (tertiary/aromatic N) is 2. The van der Waals surface area contributed by atoms with Crippen LogP contribution in [-0.2, 0) is 6.73 Å². The fourth-order valence-corrected chi connectivity index (χ4v) is 1.44. The van der Waals surface area contributed by atoms with E-state index < -0.39 is 35.7 Å². The monoisotopic (exact) mass is 295 g/mol. The zero-order valence-corrected chi connectivity index (χ0v) is 9.89. The maximum atomic E-state index is 13.2. The molecule has 0 atom stereocenters. The van der Waals surface area contributed by atoms with Crippen molar-refractivity contribution in [3.63, 3.8) is 0 Å². The third-order valence-corrected chi connectivity index (χ3v) is 2.45. The smallest absolute Gasteiger partial charge is 0.204 e. The minimum atomic E-state index is -1.63. The van der Waals surface area contributed by atoms with Crippen molar-refractivity contribution in [3.05, 3.63) is 40.6 Å². The zero-order chi connectivity index (χ0) is 14.2. The molecule has 0 radical (unpaired) electrons. The molecule has 0 spiro atoms. The van der Waals surface area contributed by atoms with Gasteiger partial charge in [-0.1, -0.05) is 11.6 Å². The van der Waals surface area contributed by atoms with Crippen LogP contribution < -0.4 is 10.5 Å². The fraction of sp³-hybridized carbons (Fsp3) is 0.100. The van der Waals surface area contributed by atoms with Gasteiger partial charge in [-0.25, -0.2) is 13.5 Å². The highest BCUT2D eigenvalue weighted by Gasteiger charge is 2.20. The van der Waals surface area contributed by atoms with E-state index in [0.717, 1.165) is 4.68 Å². The number of rotatable bonds is 3. The largest absolute Gasteiger partial charge is 0.465 e. The Balaban J connectivity index is 2.24. The third-order valence-electron chi connectivity index (χ3n) is 2.16. The van der Waals surface area contributed by atoms with Gasteiger partial charge in [-0.3, -0.25) is 0 Å². The van der Waals surface area contributed by atoms with Crippen LogP contribution >= 0.6 is 11.6 Å². The van der Waals surface area contributed by atoms with Crippen molar-refractivity contribution in [2.24, 2.45) is 0 Å². The SMILES string of the molecule is Nc1nn(COc2c(F)c(F)cc(F)c2F)cc1Cl. The lowest BCUT2D eigenvalue weighted by molar-refractivity contribution is 0.196. The first-order valence-electron chi connectivity index (χ1n) is 4.84. The Morgan fingerprint density at radius 3 is 2.26 bits per heavy atom. The summed E-state index contributed by atoms with van der Waals surface area (Å²) in [4.78, 5) is 0. The zero-order valence-electron chi connectivity index (χ0n) is 9.13. The normalized spacial score (nSPS) is 10.8. The summed E-state index contributed by atoms with van der Waals surface area (Å²) in [6.07, 6.45) is 1.22. The van der Waals surface area contributed by atoms with Crippen LogP contribution in [0.3, 0.4) is 0 Å². The molecule has 1 heterocycles. The summed E-state index contributed by atoms with van der Waals surface area (Å²) in [7, 11) is 0. The molecule has 9 heteroatoms. The second-order valence-corrected chi connectivity index (χ2v) is 3.88. The van der Waals surface area contributed by atoms with Crippen molar-refractivity contribution >= 4 is 17.4 Å². The Morgan fingerprint density at radius 2 is 1.79 bits per heavy atom. The van der Waals surface area contributed by atoms with Crippen molar-refractivity contribution < 1.29 is 22.3 Å². The highest BCUT2D eigenvalue weighted by Crippen LogP contribution is 2.26. The molecule has 2 rings (SSSR count). The van der Waals surface area contributed by atoms with E-state index in [2.05, 4.69) is 9.84 Å². The van der Waals surface area contributed by atoms with Gasteiger partial charge in [-0.2, -0.15) is 13.9 Å². The minimum absolute atomic E-state index is 0.0170. The summed E-state index contributed by atoms with van der Waals surface area (Å²) in [6, 6.07) is 0.0836. The van der Waals surface area contributed by atoms with Crippen LogP contribution in [0.4, 0.5) is 23.4 Å². The third kappa shape index (κ3) is 2.58. The molecule has 0 aliphatic heterocycles. The van der Waals surface area contributed by atoms with Gasteiger partial charge in [0.15, 0.2) is 29.9 Å². The van der Waals surface area contributed by atoms with Gasteiger partial charge in [-0.05, 0) is 0 Å². The van der Waals surface area contributed by atoms with Crippen molar-refractivity contribution in [2.45, 2.75) is 6.73 Å². The van der Waals surface area contributed by atoms with Crippen molar-refractivity contribution in [1.29, 1.82) is 0 Å². The van der Waals surface area contributed by atoms with Crippen LogP contribution in [0.5, 0.6) is 5.75 Å². The van der Waals surface area contributed by atoms with Gasteiger partial charge in [0, 0.05) is 12.3 Å². The number of hydrogen-bond donors (Lipinski definition) is 1. The molecule has 0 saturated carbocycles. The lowest BCUT2D eigenvalue weighted by Gasteiger charge is -2.09. The summed E-state index contributed by atoms with van der Waals surface area (Å²) in [5, 5.41) is 3.74. The van der Waals surface area contributed by atoms with E-state index in [1.165, 1.54) is 6.20 Å². The summed E-state index contributed by atoms with van der Waals surface area (Å²) in [5.74, 6) is -7.59. The molecule has 0 amide bonds. The summed E-state index contributed by atoms with van der Waals surface area (Å²) < 4.78 is 57.9. The predicted molar refractivity (Wildman–Crippen MR) is 58.6 cm³/mol. The number of halogens is 5. The lowest BCUT2D eigenvalue weighted by atomic mass is 10.3. The molecule has 2 aromatic rings. The number of benzene rings is 1. The summed E-state index contributed by atoms with van der Waals surface area (Å²) in [6.45, 7) is -0.520. The van der Waals surface area contributed by atoms with Gasteiger partial charge in [0.05, 0.1) is 0 Å². The van der Waals surface area contributed by atoms with E-state index in [1.54, 1.807) is 0 Å². The molecule has 0 aliphatic carbocycles. The van der Waals surface area contributed by atoms with Gasteiger partial charge >= 0.3 is 0 Å². The topological polar surface area (TPSA) is 53.1 Å². The van der Waals surface area contributed by atoms with E-state index in [0.29, 0.717) is 0 Å². The van der Waals surface area contributed by atoms with Gasteiger partial charge in [0.2, 0.25) is 11.6 Å². The molecule has 2 N–H and O–H groups in total. The van der Waals surface area contributed by atoms with Crippen LogP contribution in [0.15, 0.2) is 12.3 Å². The van der Waals surface area contributed by atoms with E-state index >= 15 is 0 Å². The number of nitrogen functional groups attached to an aromatic ring is 1. The van der Waals surface area contributed by atoms with Crippen molar-refractivity contribution in [2.75, 3.05) is 5.73 Å². The second kappa shape index (κ2) is 4.96. The van der Waals surface area contributed by atoms with Gasteiger partial charge in [0.1, 0.15) is 5.02 Å². The molecular formula is C10H6ClF4N3O. The van der Waals surface area contributed by atoms with E-state index in [9.17, 15) is 17.6 Å². The molecule has 0 bridgehead atoms. The highest BCUT2D eigenvalue weighted by molar-refractivity contribution is 6.32. The predicted octanol–water partition coefficient (Wildman–Crippen LogP) is 2.71. The molecule has 1 aromatic heterocycles. The molecule has 0 aliphatic rings. The standard InChI is InChI=1S/C10H6ClF4N3O/c11-4-2-18(17-10(4)16)3-19-9-7(14)5(12)1-6(13)8(9)15/h1-2H,3H2,(H2,16,17). The van der Waals surface area contributed by atoms with E-state index in [1.807, 2.05) is 0 Å². The molecule has 102 valence electrons. The van der Waals surface area contributed by atoms with Crippen LogP contribution in [0.1, 0.15) is 0 Å². The first-order chi connectivity index (χ1) is 8.90. The minimum Gasteiger partial charge on any atom is -0.465 e. The maximum Gasteiger partial charge on any atom is 0.204 e. The molecule has 4 nitrogen and oxygen atoms in total. The molecular weight excluding hydrogens is 290 g/mol. The fourth-order valence-electron chi connectivity index (χ4n) is 1.29. The summed E-state index contributed by atoms with van der Waals surface area (Å²) >= 11 is 5.59. The number of hydrogen-bond acceptors (Lipinski definition) is 3. The molecule has 0 unspecified atom stereocenters. The van der Waals surface area contributed by atoms with Crippen LogP contribution in [0.2, 0.25) is 5.02 Å². The quantitative estimate of drug-likeness (QED) is 0.700. The Morgan fingerprint density at radius 1 is 1.21 bits per heavy atom. The Labute approximate surface area is 109 Å². The van der Waals surface area contributed by atoms with Crippen molar-refractivity contribution in [1.82, 2.24) is 9.78 Å². The number of aromatic nitrogens is 2. The number of nitrogens with two attached hydrogens (primary N) is 1. The molecule has 1 aromatic carbocycles. The first kappa shape index (κ1) is 13.5. The maximum absolute atomic E-state index is 13.2. The van der Waals surface area contributed by atoms with Gasteiger partial charge in [-0.15, -0.1) is 0 Å². The van der Waals surface area contributed by atoms with Crippen molar-refractivity contribution in [3.8, 4) is 5.75 Å². The average Bonchev–Trinajstić information content (AvgIpc) is 2.66. The molecule has 0 fully saturated rings. The number of anilines is 1. The number of ether oxygens (including phenoxy) is 1. The van der Waals surface area contributed by atoms with Gasteiger partial charge < -0.3 is 10.5 Å². The van der Waals surface area contributed by atoms with Crippen LogP contribution in [0.25, 0.3) is 0 Å². The Hall–Kier alpha value is -1.96. The lowest BCUT2D eigenvalue weighted by Crippen LogP contribution is -2.09. The van der Waals surface area contributed by atoms with E-state index in [-0.39, 0.29) is 16.9 Å². The van der Waals surface area contributed by atoms with Gasteiger partial charge in [0.25, 0.3) is 0 Å². The van der Waals surface area contributed by atoms with Crippen LogP contribution in [-0.4, -0.2) is 9.78 Å². The Bertz CT molecular complexity index is 586. The summed E-state index contributed by atoms with van der Waals surface area (Å²) in [5.41, 5.74) is 5.33. The molecule has 0 saturated heterocycles. The second-order valence-electron chi connectivity index (χ2n) is 3.47. The average molecular weight is 296 g/mol. The van der Waals surface area contributed by atoms with Crippen LogP contribution in [0, 0.1) is 23.3 Å². The molecule has 19 heavy (non-hydrogen) atoms. The highest BCUT2D eigenvalue weighted by atomic mass is 35.5. The Kier molecular flexibility index (Phi) is 3.52. The first-order valence-corrected chi connectivity index (χ1v) is 5.22.